The van der Waals surface area contributed by atoms with Gasteiger partial charge >= 0.3 is 0 Å². The first kappa shape index (κ1) is 21.6. The van der Waals surface area contributed by atoms with Gasteiger partial charge in [-0.1, -0.05) is 12.1 Å². The summed E-state index contributed by atoms with van der Waals surface area (Å²) in [7, 11) is 3.28. The number of aliphatic imine (C=N–C) groups is 1. The third-order valence-corrected chi connectivity index (χ3v) is 4.10. The smallest absolute Gasteiger partial charge is 0.191 e. The Kier molecular flexibility index (Phi) is 8.68. The minimum absolute atomic E-state index is 0.123. The van der Waals surface area contributed by atoms with Crippen LogP contribution in [0.25, 0.3) is 0 Å². The highest BCUT2D eigenvalue weighted by molar-refractivity contribution is 5.79. The molecular formula is C21H27F2N3O2. The average molecular weight is 391 g/mol. The molecule has 0 bridgehead atoms. The fraction of sp³-hybridized carbons (Fsp3) is 0.381. The zero-order valence-corrected chi connectivity index (χ0v) is 16.5. The molecule has 0 radical (unpaired) electrons. The molecule has 0 aliphatic heterocycles. The lowest BCUT2D eigenvalue weighted by atomic mass is 10.1. The van der Waals surface area contributed by atoms with E-state index >= 15 is 0 Å². The number of aryl methyl sites for hydroxylation is 1. The molecule has 0 aliphatic carbocycles. The molecule has 0 saturated heterocycles. The SMILES string of the molecule is CN=C(NCc1cc(F)ccc1F)NCc1ccc(C)cc1OCCCOC. The topological polar surface area (TPSA) is 54.9 Å². The van der Waals surface area contributed by atoms with Crippen LogP contribution in [0.2, 0.25) is 0 Å². The zero-order chi connectivity index (χ0) is 20.4. The minimum Gasteiger partial charge on any atom is -0.493 e. The standard InChI is InChI=1S/C21H27F2N3O2/c1-15-5-6-16(20(11-15)28-10-4-9-27-3)13-25-21(24-2)26-14-17-12-18(22)7-8-19(17)23/h5-8,11-12H,4,9-10,13-14H2,1-3H3,(H2,24,25,26). The summed E-state index contributed by atoms with van der Waals surface area (Å²) in [5, 5.41) is 6.16. The van der Waals surface area contributed by atoms with Crippen LogP contribution in [-0.4, -0.2) is 33.3 Å². The summed E-state index contributed by atoms with van der Waals surface area (Å²) in [5.41, 5.74) is 2.32. The third-order valence-electron chi connectivity index (χ3n) is 4.10. The highest BCUT2D eigenvalue weighted by Crippen LogP contribution is 2.20. The van der Waals surface area contributed by atoms with Crippen LogP contribution in [0.3, 0.4) is 0 Å². The van der Waals surface area contributed by atoms with Crippen molar-refractivity contribution in [1.29, 1.82) is 0 Å². The van der Waals surface area contributed by atoms with Gasteiger partial charge in [0, 0.05) is 51.4 Å². The number of halogens is 2. The second kappa shape index (κ2) is 11.2. The fourth-order valence-electron chi connectivity index (χ4n) is 2.58. The normalized spacial score (nSPS) is 11.4. The molecule has 0 spiro atoms. The van der Waals surface area contributed by atoms with Gasteiger partial charge < -0.3 is 20.1 Å². The molecule has 152 valence electrons. The van der Waals surface area contributed by atoms with Crippen LogP contribution >= 0.6 is 0 Å². The number of hydrogen-bond acceptors (Lipinski definition) is 3. The molecule has 2 aromatic rings. The van der Waals surface area contributed by atoms with Gasteiger partial charge in [0.2, 0.25) is 0 Å². The third kappa shape index (κ3) is 6.81. The fourth-order valence-corrected chi connectivity index (χ4v) is 2.58. The van der Waals surface area contributed by atoms with Crippen molar-refractivity contribution in [2.24, 2.45) is 4.99 Å². The number of nitrogens with zero attached hydrogens (tertiary/aromatic N) is 1. The molecule has 0 unspecified atom stereocenters. The van der Waals surface area contributed by atoms with E-state index in [1.165, 1.54) is 6.07 Å². The number of hydrogen-bond donors (Lipinski definition) is 2. The van der Waals surface area contributed by atoms with Crippen molar-refractivity contribution >= 4 is 5.96 Å². The van der Waals surface area contributed by atoms with Gasteiger partial charge in [0.15, 0.2) is 5.96 Å². The van der Waals surface area contributed by atoms with Gasteiger partial charge in [0.1, 0.15) is 17.4 Å². The lowest BCUT2D eigenvalue weighted by molar-refractivity contribution is 0.171. The Hall–Kier alpha value is -2.67. The number of nitrogens with one attached hydrogen (secondary N) is 2. The second-order valence-corrected chi connectivity index (χ2v) is 6.32. The summed E-state index contributed by atoms with van der Waals surface area (Å²) < 4.78 is 37.9. The van der Waals surface area contributed by atoms with E-state index in [1.54, 1.807) is 14.2 Å². The first-order valence-electron chi connectivity index (χ1n) is 9.13. The molecule has 2 N–H and O–H groups in total. The summed E-state index contributed by atoms with van der Waals surface area (Å²) in [6.45, 7) is 3.82. The second-order valence-electron chi connectivity index (χ2n) is 6.32. The number of methoxy groups -OCH3 is 1. The molecule has 0 atom stereocenters. The molecule has 0 saturated carbocycles. The van der Waals surface area contributed by atoms with E-state index in [0.717, 1.165) is 35.4 Å². The van der Waals surface area contributed by atoms with E-state index in [-0.39, 0.29) is 12.1 Å². The number of benzene rings is 2. The predicted molar refractivity (Wildman–Crippen MR) is 107 cm³/mol. The zero-order valence-electron chi connectivity index (χ0n) is 16.5. The summed E-state index contributed by atoms with van der Waals surface area (Å²) in [6, 6.07) is 9.37. The number of rotatable bonds is 9. The van der Waals surface area contributed by atoms with E-state index in [1.807, 2.05) is 25.1 Å². The molecule has 7 heteroatoms. The monoisotopic (exact) mass is 391 g/mol. The summed E-state index contributed by atoms with van der Waals surface area (Å²) in [4.78, 5) is 4.12. The van der Waals surface area contributed by atoms with Crippen LogP contribution in [0.4, 0.5) is 8.78 Å². The van der Waals surface area contributed by atoms with Crippen LogP contribution in [-0.2, 0) is 17.8 Å². The minimum atomic E-state index is -0.476. The van der Waals surface area contributed by atoms with Gasteiger partial charge in [0.05, 0.1) is 6.61 Å². The lowest BCUT2D eigenvalue weighted by Crippen LogP contribution is -2.36. The molecule has 5 nitrogen and oxygen atoms in total. The molecule has 2 aromatic carbocycles. The van der Waals surface area contributed by atoms with Crippen LogP contribution in [0.1, 0.15) is 23.1 Å². The maximum absolute atomic E-state index is 13.7. The number of ether oxygens (including phenoxy) is 2. The van der Waals surface area contributed by atoms with E-state index in [2.05, 4.69) is 15.6 Å². The Morgan fingerprint density at radius 2 is 1.75 bits per heavy atom. The highest BCUT2D eigenvalue weighted by Gasteiger charge is 2.08. The van der Waals surface area contributed by atoms with Crippen molar-refractivity contribution in [2.45, 2.75) is 26.4 Å². The van der Waals surface area contributed by atoms with E-state index < -0.39 is 11.6 Å². The van der Waals surface area contributed by atoms with E-state index in [4.69, 9.17) is 9.47 Å². The van der Waals surface area contributed by atoms with Crippen LogP contribution in [0.5, 0.6) is 5.75 Å². The van der Waals surface area contributed by atoms with Crippen molar-refractivity contribution in [1.82, 2.24) is 10.6 Å². The predicted octanol–water partition coefficient (Wildman–Crippen LogP) is 3.55. The van der Waals surface area contributed by atoms with Gasteiger partial charge in [-0.3, -0.25) is 4.99 Å². The summed E-state index contributed by atoms with van der Waals surface area (Å²) in [5.74, 6) is 0.343. The van der Waals surface area contributed by atoms with Crippen LogP contribution in [0.15, 0.2) is 41.4 Å². The Labute approximate surface area is 164 Å². The van der Waals surface area contributed by atoms with Crippen molar-refractivity contribution in [2.75, 3.05) is 27.4 Å². The van der Waals surface area contributed by atoms with Crippen LogP contribution < -0.4 is 15.4 Å². The van der Waals surface area contributed by atoms with E-state index in [0.29, 0.717) is 25.7 Å². The van der Waals surface area contributed by atoms with Crippen LogP contribution in [0, 0.1) is 18.6 Å². The Balaban J connectivity index is 1.94. The van der Waals surface area contributed by atoms with Gasteiger partial charge in [-0.05, 0) is 36.8 Å². The van der Waals surface area contributed by atoms with Crippen molar-refractivity contribution < 1.29 is 18.3 Å². The van der Waals surface area contributed by atoms with Gasteiger partial charge in [0.25, 0.3) is 0 Å². The molecule has 28 heavy (non-hydrogen) atoms. The first-order valence-corrected chi connectivity index (χ1v) is 9.13. The molecule has 0 aromatic heterocycles. The Bertz CT molecular complexity index is 797. The average Bonchev–Trinajstić information content (AvgIpc) is 2.69. The van der Waals surface area contributed by atoms with E-state index in [9.17, 15) is 8.78 Å². The van der Waals surface area contributed by atoms with Gasteiger partial charge in [-0.15, -0.1) is 0 Å². The summed E-state index contributed by atoms with van der Waals surface area (Å²) >= 11 is 0. The summed E-state index contributed by atoms with van der Waals surface area (Å²) in [6.07, 6.45) is 0.805. The molecule has 2 rings (SSSR count). The molecular weight excluding hydrogens is 364 g/mol. The van der Waals surface area contributed by atoms with Gasteiger partial charge in [-0.25, -0.2) is 8.78 Å². The Morgan fingerprint density at radius 1 is 1.00 bits per heavy atom. The molecule has 0 heterocycles. The Morgan fingerprint density at radius 3 is 2.46 bits per heavy atom. The highest BCUT2D eigenvalue weighted by atomic mass is 19.1. The molecule has 0 fully saturated rings. The quantitative estimate of drug-likeness (QED) is 0.390. The maximum atomic E-state index is 13.7. The van der Waals surface area contributed by atoms with Crippen molar-refractivity contribution in [3.05, 3.63) is 64.7 Å². The van der Waals surface area contributed by atoms with Crippen molar-refractivity contribution in [3.63, 3.8) is 0 Å². The first-order chi connectivity index (χ1) is 13.5. The number of guanidine groups is 1. The molecule has 0 amide bonds. The van der Waals surface area contributed by atoms with Gasteiger partial charge in [-0.2, -0.15) is 0 Å². The maximum Gasteiger partial charge on any atom is 0.191 e. The lowest BCUT2D eigenvalue weighted by Gasteiger charge is -2.16. The van der Waals surface area contributed by atoms with Crippen molar-refractivity contribution in [3.8, 4) is 5.75 Å². The largest absolute Gasteiger partial charge is 0.493 e. The molecule has 0 aliphatic rings.